The van der Waals surface area contributed by atoms with Crippen LogP contribution in [0.1, 0.15) is 18.5 Å². The Hall–Kier alpha value is -0.840. The molecule has 1 aromatic rings. The maximum absolute atomic E-state index is 9.20. The maximum Gasteiger partial charge on any atom is 0.128 e. The van der Waals surface area contributed by atoms with Crippen molar-refractivity contribution in [3.8, 4) is 0 Å². The fourth-order valence-corrected chi connectivity index (χ4v) is 2.69. The van der Waals surface area contributed by atoms with Crippen molar-refractivity contribution < 1.29 is 5.11 Å². The number of aliphatic hydroxyl groups excluding tert-OH is 1. The molecule has 2 rings (SSSR count). The number of rotatable bonds is 4. The number of aromatic nitrogens is 1. The zero-order valence-electron chi connectivity index (χ0n) is 11.6. The summed E-state index contributed by atoms with van der Waals surface area (Å²) >= 11 is 5.96. The van der Waals surface area contributed by atoms with Crippen LogP contribution in [0.15, 0.2) is 12.1 Å². The van der Waals surface area contributed by atoms with Crippen LogP contribution in [0.4, 0.5) is 5.82 Å². The average molecular weight is 284 g/mol. The minimum Gasteiger partial charge on any atom is -0.390 e. The van der Waals surface area contributed by atoms with Crippen LogP contribution < -0.4 is 4.90 Å². The van der Waals surface area contributed by atoms with E-state index in [1.165, 1.54) is 25.9 Å². The molecule has 1 N–H and O–H groups in total. The summed E-state index contributed by atoms with van der Waals surface area (Å²) in [5.41, 5.74) is 0.550. The lowest BCUT2D eigenvalue weighted by atomic mass is 9.97. The van der Waals surface area contributed by atoms with Crippen LogP contribution in [0.25, 0.3) is 0 Å². The van der Waals surface area contributed by atoms with E-state index in [2.05, 4.69) is 28.9 Å². The second-order valence-corrected chi connectivity index (χ2v) is 5.79. The van der Waals surface area contributed by atoms with Crippen molar-refractivity contribution in [3.63, 3.8) is 0 Å². The fourth-order valence-electron chi connectivity index (χ4n) is 2.52. The molecular formula is C14H22ClN3O. The minimum atomic E-state index is -0.116. The molecule has 19 heavy (non-hydrogen) atoms. The van der Waals surface area contributed by atoms with Crippen molar-refractivity contribution in [2.24, 2.45) is 5.92 Å². The molecule has 1 aliphatic heterocycles. The number of pyridine rings is 1. The first kappa shape index (κ1) is 14.6. The molecule has 2 heterocycles. The molecule has 1 aromatic heterocycles. The molecule has 0 aliphatic carbocycles. The fraction of sp³-hybridized carbons (Fsp3) is 0.643. The van der Waals surface area contributed by atoms with E-state index >= 15 is 0 Å². The Morgan fingerprint density at radius 2 is 2.11 bits per heavy atom. The number of hydrogen-bond donors (Lipinski definition) is 1. The average Bonchev–Trinajstić information content (AvgIpc) is 2.42. The standard InChI is InChI=1S/C14H22ClN3O/c1-17-7-5-11(6-8-17)9-18(2)14-4-3-12(15)13(10-19)16-14/h3-4,11,19H,5-10H2,1-2H3. The number of aliphatic hydroxyl groups is 1. The summed E-state index contributed by atoms with van der Waals surface area (Å²) in [4.78, 5) is 8.94. The smallest absolute Gasteiger partial charge is 0.128 e. The molecule has 106 valence electrons. The molecule has 0 saturated carbocycles. The van der Waals surface area contributed by atoms with Gasteiger partial charge in [-0.2, -0.15) is 0 Å². The van der Waals surface area contributed by atoms with Gasteiger partial charge in [-0.15, -0.1) is 0 Å². The lowest BCUT2D eigenvalue weighted by molar-refractivity contribution is 0.222. The molecule has 1 fully saturated rings. The van der Waals surface area contributed by atoms with E-state index < -0.39 is 0 Å². The summed E-state index contributed by atoms with van der Waals surface area (Å²) < 4.78 is 0. The summed E-state index contributed by atoms with van der Waals surface area (Å²) in [6.07, 6.45) is 2.47. The predicted molar refractivity (Wildman–Crippen MR) is 78.7 cm³/mol. The predicted octanol–water partition coefficient (Wildman–Crippen LogP) is 2.01. The second kappa shape index (κ2) is 6.55. The van der Waals surface area contributed by atoms with Gasteiger partial charge in [0.05, 0.1) is 17.3 Å². The highest BCUT2D eigenvalue weighted by atomic mass is 35.5. The Kier molecular flexibility index (Phi) is 5.02. The first-order chi connectivity index (χ1) is 9.10. The number of hydrogen-bond acceptors (Lipinski definition) is 4. The number of nitrogens with zero attached hydrogens (tertiary/aromatic N) is 3. The molecule has 0 atom stereocenters. The zero-order chi connectivity index (χ0) is 13.8. The van der Waals surface area contributed by atoms with E-state index in [0.717, 1.165) is 18.3 Å². The van der Waals surface area contributed by atoms with E-state index in [-0.39, 0.29) is 6.61 Å². The highest BCUT2D eigenvalue weighted by Crippen LogP contribution is 2.22. The van der Waals surface area contributed by atoms with Gasteiger partial charge in [0.1, 0.15) is 5.82 Å². The van der Waals surface area contributed by atoms with Crippen LogP contribution in [0, 0.1) is 5.92 Å². The lowest BCUT2D eigenvalue weighted by Gasteiger charge is -2.32. The molecule has 0 spiro atoms. The maximum atomic E-state index is 9.20. The van der Waals surface area contributed by atoms with Gasteiger partial charge >= 0.3 is 0 Å². The number of anilines is 1. The van der Waals surface area contributed by atoms with E-state index in [1.54, 1.807) is 6.07 Å². The summed E-state index contributed by atoms with van der Waals surface area (Å²) in [5, 5.41) is 9.73. The van der Waals surface area contributed by atoms with Gasteiger partial charge in [-0.25, -0.2) is 4.98 Å². The Labute approximate surface area is 120 Å². The molecule has 0 unspecified atom stereocenters. The normalized spacial score (nSPS) is 17.7. The summed E-state index contributed by atoms with van der Waals surface area (Å²) in [7, 11) is 4.23. The van der Waals surface area contributed by atoms with Gasteiger partial charge in [0, 0.05) is 13.6 Å². The largest absolute Gasteiger partial charge is 0.390 e. The topological polar surface area (TPSA) is 39.6 Å². The molecule has 1 aliphatic rings. The first-order valence-electron chi connectivity index (χ1n) is 6.76. The Morgan fingerprint density at radius 1 is 1.42 bits per heavy atom. The summed E-state index contributed by atoms with van der Waals surface area (Å²) in [5.74, 6) is 1.60. The van der Waals surface area contributed by atoms with Gasteiger partial charge in [-0.05, 0) is 51.0 Å². The van der Waals surface area contributed by atoms with Crippen molar-refractivity contribution in [3.05, 3.63) is 22.8 Å². The molecule has 1 saturated heterocycles. The van der Waals surface area contributed by atoms with E-state index in [9.17, 15) is 5.11 Å². The minimum absolute atomic E-state index is 0.116. The molecule has 0 bridgehead atoms. The zero-order valence-corrected chi connectivity index (χ0v) is 12.4. The molecule has 0 aromatic carbocycles. The van der Waals surface area contributed by atoms with E-state index in [1.807, 2.05) is 6.07 Å². The second-order valence-electron chi connectivity index (χ2n) is 5.38. The van der Waals surface area contributed by atoms with Gasteiger partial charge in [0.15, 0.2) is 0 Å². The number of piperidine rings is 1. The lowest BCUT2D eigenvalue weighted by Crippen LogP contribution is -2.36. The van der Waals surface area contributed by atoms with Gasteiger partial charge in [-0.3, -0.25) is 0 Å². The third-order valence-corrected chi connectivity index (χ3v) is 4.16. The Bertz CT molecular complexity index is 419. The van der Waals surface area contributed by atoms with E-state index in [0.29, 0.717) is 10.7 Å². The summed E-state index contributed by atoms with van der Waals surface area (Å²) in [6.45, 7) is 3.24. The van der Waals surface area contributed by atoms with E-state index in [4.69, 9.17) is 11.6 Å². The SMILES string of the molecule is CN1CCC(CN(C)c2ccc(Cl)c(CO)n2)CC1. The van der Waals surface area contributed by atoms with Crippen LogP contribution in [0.3, 0.4) is 0 Å². The van der Waals surface area contributed by atoms with Crippen LogP contribution in [0.2, 0.25) is 5.02 Å². The monoisotopic (exact) mass is 283 g/mol. The van der Waals surface area contributed by atoms with Crippen LogP contribution in [-0.2, 0) is 6.61 Å². The third kappa shape index (κ3) is 3.81. The van der Waals surface area contributed by atoms with Crippen LogP contribution in [-0.4, -0.2) is 48.7 Å². The Morgan fingerprint density at radius 3 is 2.74 bits per heavy atom. The van der Waals surface area contributed by atoms with Crippen molar-refractivity contribution in [1.29, 1.82) is 0 Å². The number of likely N-dealkylation sites (tertiary alicyclic amines) is 1. The quantitative estimate of drug-likeness (QED) is 0.918. The van der Waals surface area contributed by atoms with Gasteiger partial charge < -0.3 is 14.9 Å². The number of halogens is 1. The van der Waals surface area contributed by atoms with Crippen LogP contribution >= 0.6 is 11.6 Å². The van der Waals surface area contributed by atoms with Crippen molar-refractivity contribution in [2.45, 2.75) is 19.4 Å². The highest BCUT2D eigenvalue weighted by Gasteiger charge is 2.19. The molecular weight excluding hydrogens is 262 g/mol. The first-order valence-corrected chi connectivity index (χ1v) is 7.14. The highest BCUT2D eigenvalue weighted by molar-refractivity contribution is 6.31. The third-order valence-electron chi connectivity index (χ3n) is 3.81. The molecule has 4 nitrogen and oxygen atoms in total. The molecule has 0 radical (unpaired) electrons. The van der Waals surface area contributed by atoms with Crippen molar-refractivity contribution in [2.75, 3.05) is 38.6 Å². The van der Waals surface area contributed by atoms with Gasteiger partial charge in [0.25, 0.3) is 0 Å². The van der Waals surface area contributed by atoms with Crippen LogP contribution in [0.5, 0.6) is 0 Å². The summed E-state index contributed by atoms with van der Waals surface area (Å²) in [6, 6.07) is 3.72. The van der Waals surface area contributed by atoms with Crippen molar-refractivity contribution in [1.82, 2.24) is 9.88 Å². The molecule has 0 amide bonds. The van der Waals surface area contributed by atoms with Gasteiger partial charge in [-0.1, -0.05) is 11.6 Å². The van der Waals surface area contributed by atoms with Crippen molar-refractivity contribution >= 4 is 17.4 Å². The Balaban J connectivity index is 1.97. The molecule has 5 heteroatoms. The van der Waals surface area contributed by atoms with Gasteiger partial charge in [0.2, 0.25) is 0 Å².